The molecule has 3 nitrogen and oxygen atoms in total. The van der Waals surface area contributed by atoms with Crippen LogP contribution in [-0.4, -0.2) is 24.8 Å². The number of hydrogen-bond acceptors (Lipinski definition) is 3. The summed E-state index contributed by atoms with van der Waals surface area (Å²) < 4.78 is 12.0. The molecule has 2 unspecified atom stereocenters. The lowest BCUT2D eigenvalue weighted by Crippen LogP contribution is -2.50. The van der Waals surface area contributed by atoms with Crippen LogP contribution in [0.2, 0.25) is 0 Å². The fourth-order valence-electron chi connectivity index (χ4n) is 4.23. The Balaban J connectivity index is 2.99. The first-order chi connectivity index (χ1) is 12.0. The molecule has 1 rings (SSSR count). The van der Waals surface area contributed by atoms with Crippen molar-refractivity contribution in [3.8, 4) is 0 Å². The zero-order valence-electron chi connectivity index (χ0n) is 17.4. The second-order valence-electron chi connectivity index (χ2n) is 8.31. The minimum Gasteiger partial charge on any atom is -0.464 e. The Labute approximate surface area is 156 Å². The quantitative estimate of drug-likeness (QED) is 0.394. The molecule has 1 fully saturated rings. The molecule has 0 aromatic heterocycles. The fourth-order valence-corrected chi connectivity index (χ4v) is 4.23. The van der Waals surface area contributed by atoms with E-state index >= 15 is 0 Å². The van der Waals surface area contributed by atoms with Gasteiger partial charge in [0.15, 0.2) is 5.60 Å². The molecular weight excluding hydrogens is 312 g/mol. The lowest BCUT2D eigenvalue weighted by atomic mass is 9.73. The average molecular weight is 355 g/mol. The van der Waals surface area contributed by atoms with E-state index in [1.807, 2.05) is 6.92 Å². The van der Waals surface area contributed by atoms with Gasteiger partial charge in [-0.1, -0.05) is 73.1 Å². The van der Waals surface area contributed by atoms with Gasteiger partial charge >= 0.3 is 5.97 Å². The molecule has 2 atom stereocenters. The summed E-state index contributed by atoms with van der Waals surface area (Å²) in [5.74, 6) is 1.32. The van der Waals surface area contributed by atoms with E-state index in [0.717, 1.165) is 31.6 Å². The summed E-state index contributed by atoms with van der Waals surface area (Å²) in [5.41, 5.74) is -0.757. The van der Waals surface area contributed by atoms with Crippen LogP contribution in [-0.2, 0) is 14.3 Å². The normalized spacial score (nSPS) is 19.6. The Morgan fingerprint density at radius 3 is 2.28 bits per heavy atom. The molecule has 1 saturated carbocycles. The second kappa shape index (κ2) is 11.9. The molecule has 25 heavy (non-hydrogen) atoms. The predicted molar refractivity (Wildman–Crippen MR) is 105 cm³/mol. The van der Waals surface area contributed by atoms with Gasteiger partial charge in [0.05, 0.1) is 13.2 Å². The molecule has 0 radical (unpaired) electrons. The molecule has 0 N–H and O–H groups in total. The number of esters is 1. The first-order valence-corrected chi connectivity index (χ1v) is 10.8. The zero-order chi connectivity index (χ0) is 18.7. The predicted octanol–water partition coefficient (Wildman–Crippen LogP) is 6.15. The molecule has 0 aromatic rings. The molecular formula is C22H42O3. The monoisotopic (exact) mass is 354 g/mol. The molecule has 0 bridgehead atoms. The Hall–Kier alpha value is -0.570. The summed E-state index contributed by atoms with van der Waals surface area (Å²) in [6.45, 7) is 11.8. The van der Waals surface area contributed by atoms with Gasteiger partial charge in [0, 0.05) is 0 Å². The number of hydrogen-bond donors (Lipinski definition) is 0. The van der Waals surface area contributed by atoms with Gasteiger partial charge in [-0.3, -0.25) is 0 Å². The summed E-state index contributed by atoms with van der Waals surface area (Å²) in [4.78, 5) is 13.1. The molecule has 0 aromatic carbocycles. The average Bonchev–Trinajstić information content (AvgIpc) is 2.61. The van der Waals surface area contributed by atoms with Crippen molar-refractivity contribution in [2.24, 2.45) is 17.8 Å². The third-order valence-corrected chi connectivity index (χ3v) is 5.62. The van der Waals surface area contributed by atoms with Crippen LogP contribution in [0, 0.1) is 17.8 Å². The molecule has 0 amide bonds. The summed E-state index contributed by atoms with van der Waals surface area (Å²) in [6.07, 6.45) is 11.5. The van der Waals surface area contributed by atoms with E-state index in [4.69, 9.17) is 9.47 Å². The summed E-state index contributed by atoms with van der Waals surface area (Å²) >= 11 is 0. The first kappa shape index (κ1) is 22.5. The van der Waals surface area contributed by atoms with E-state index in [2.05, 4.69) is 27.7 Å². The van der Waals surface area contributed by atoms with Gasteiger partial charge in [-0.05, 0) is 43.4 Å². The van der Waals surface area contributed by atoms with Crippen molar-refractivity contribution >= 4 is 5.97 Å². The number of ether oxygens (including phenoxy) is 2. The van der Waals surface area contributed by atoms with Gasteiger partial charge in [-0.2, -0.15) is 0 Å². The third-order valence-electron chi connectivity index (χ3n) is 5.62. The Morgan fingerprint density at radius 2 is 1.76 bits per heavy atom. The molecule has 1 aliphatic carbocycles. The largest absolute Gasteiger partial charge is 0.464 e. The van der Waals surface area contributed by atoms with Crippen LogP contribution < -0.4 is 0 Å². The van der Waals surface area contributed by atoms with E-state index < -0.39 is 5.60 Å². The third kappa shape index (κ3) is 6.92. The number of carbonyl (C=O) groups is 1. The van der Waals surface area contributed by atoms with Gasteiger partial charge in [-0.15, -0.1) is 0 Å². The van der Waals surface area contributed by atoms with E-state index in [1.54, 1.807) is 0 Å². The highest BCUT2D eigenvalue weighted by Gasteiger charge is 2.47. The maximum absolute atomic E-state index is 13.1. The Bertz CT molecular complexity index is 360. The number of carbonyl (C=O) groups excluding carboxylic acids is 1. The number of rotatable bonds is 12. The zero-order valence-corrected chi connectivity index (χ0v) is 17.4. The van der Waals surface area contributed by atoms with Crippen molar-refractivity contribution in [2.45, 2.75) is 104 Å². The van der Waals surface area contributed by atoms with Crippen molar-refractivity contribution in [3.63, 3.8) is 0 Å². The minimum absolute atomic E-state index is 0.119. The summed E-state index contributed by atoms with van der Waals surface area (Å²) in [7, 11) is 0. The van der Waals surface area contributed by atoms with Crippen LogP contribution >= 0.6 is 0 Å². The summed E-state index contributed by atoms with van der Waals surface area (Å²) in [6, 6.07) is 0. The van der Waals surface area contributed by atoms with Gasteiger partial charge in [0.25, 0.3) is 0 Å². The second-order valence-corrected chi connectivity index (χ2v) is 8.31. The lowest BCUT2D eigenvalue weighted by Gasteiger charge is -2.40. The molecule has 1 aliphatic rings. The van der Waals surface area contributed by atoms with Crippen LogP contribution in [0.1, 0.15) is 98.8 Å². The first-order valence-electron chi connectivity index (χ1n) is 10.8. The van der Waals surface area contributed by atoms with E-state index in [0.29, 0.717) is 25.6 Å². The topological polar surface area (TPSA) is 35.5 Å². The lowest BCUT2D eigenvalue weighted by molar-refractivity contribution is -0.186. The van der Waals surface area contributed by atoms with Crippen molar-refractivity contribution in [1.82, 2.24) is 0 Å². The van der Waals surface area contributed by atoms with Crippen LogP contribution in [0.15, 0.2) is 0 Å². The maximum Gasteiger partial charge on any atom is 0.338 e. The van der Waals surface area contributed by atoms with Gasteiger partial charge in [-0.25, -0.2) is 4.79 Å². The van der Waals surface area contributed by atoms with Crippen LogP contribution in [0.3, 0.4) is 0 Å². The SMILES string of the molecule is CCCOC(=O)C(CC)(OCC(C)C)C(CCC)CC1CCCCC1. The summed E-state index contributed by atoms with van der Waals surface area (Å²) in [5, 5.41) is 0. The van der Waals surface area contributed by atoms with E-state index in [-0.39, 0.29) is 11.9 Å². The standard InChI is InChI=1S/C22H42O3/c1-6-12-20(16-19-13-10-9-11-14-19)22(8-3,25-17-18(4)5)21(23)24-15-7-2/h18-20H,6-17H2,1-5H3. The molecule has 3 heteroatoms. The van der Waals surface area contributed by atoms with Crippen molar-refractivity contribution in [2.75, 3.05) is 13.2 Å². The Morgan fingerprint density at radius 1 is 1.08 bits per heavy atom. The molecule has 0 aliphatic heterocycles. The van der Waals surface area contributed by atoms with Gasteiger partial charge in [0.1, 0.15) is 0 Å². The molecule has 0 heterocycles. The van der Waals surface area contributed by atoms with Crippen molar-refractivity contribution in [1.29, 1.82) is 0 Å². The maximum atomic E-state index is 13.1. The van der Waals surface area contributed by atoms with E-state index in [9.17, 15) is 4.79 Å². The van der Waals surface area contributed by atoms with Crippen molar-refractivity contribution in [3.05, 3.63) is 0 Å². The van der Waals surface area contributed by atoms with Gasteiger partial charge < -0.3 is 9.47 Å². The highest BCUT2D eigenvalue weighted by molar-refractivity contribution is 5.80. The molecule has 148 valence electrons. The highest BCUT2D eigenvalue weighted by atomic mass is 16.6. The smallest absolute Gasteiger partial charge is 0.338 e. The molecule has 0 spiro atoms. The van der Waals surface area contributed by atoms with Crippen molar-refractivity contribution < 1.29 is 14.3 Å². The minimum atomic E-state index is -0.757. The fraction of sp³-hybridized carbons (Fsp3) is 0.955. The van der Waals surface area contributed by atoms with Gasteiger partial charge in [0.2, 0.25) is 0 Å². The molecule has 0 saturated heterocycles. The van der Waals surface area contributed by atoms with Crippen LogP contribution in [0.4, 0.5) is 0 Å². The van der Waals surface area contributed by atoms with Crippen LogP contribution in [0.5, 0.6) is 0 Å². The Kier molecular flexibility index (Phi) is 10.7. The van der Waals surface area contributed by atoms with E-state index in [1.165, 1.54) is 32.1 Å². The van der Waals surface area contributed by atoms with Crippen LogP contribution in [0.25, 0.3) is 0 Å². The highest BCUT2D eigenvalue weighted by Crippen LogP contribution is 2.40.